The fraction of sp³-hybridized carbons (Fsp3) is 0.176. The van der Waals surface area contributed by atoms with Crippen molar-refractivity contribution in [3.05, 3.63) is 53.1 Å². The summed E-state index contributed by atoms with van der Waals surface area (Å²) < 4.78 is 38.1. The van der Waals surface area contributed by atoms with E-state index in [2.05, 4.69) is 14.7 Å². The van der Waals surface area contributed by atoms with Crippen LogP contribution < -0.4 is 14.2 Å². The molecule has 0 amide bonds. The van der Waals surface area contributed by atoms with Crippen molar-refractivity contribution in [1.82, 2.24) is 14.7 Å². The molecule has 26 heavy (non-hydrogen) atoms. The van der Waals surface area contributed by atoms with Gasteiger partial charge in [-0.25, -0.2) is 18.1 Å². The highest BCUT2D eigenvalue weighted by Crippen LogP contribution is 2.28. The van der Waals surface area contributed by atoms with Crippen molar-refractivity contribution in [2.75, 3.05) is 14.2 Å². The van der Waals surface area contributed by atoms with Crippen LogP contribution in [0.3, 0.4) is 0 Å². The Bertz CT molecular complexity index is 988. The fourth-order valence-electron chi connectivity index (χ4n) is 2.28. The maximum absolute atomic E-state index is 12.7. The summed E-state index contributed by atoms with van der Waals surface area (Å²) in [6, 6.07) is 8.32. The van der Waals surface area contributed by atoms with Crippen LogP contribution in [-0.4, -0.2) is 32.6 Å². The number of methoxy groups -OCH3 is 2. The third-order valence-electron chi connectivity index (χ3n) is 3.60. The van der Waals surface area contributed by atoms with Crippen molar-refractivity contribution >= 4 is 21.4 Å². The van der Waals surface area contributed by atoms with Crippen molar-refractivity contribution in [2.45, 2.75) is 11.4 Å². The normalized spacial score (nSPS) is 11.3. The molecule has 0 saturated heterocycles. The van der Waals surface area contributed by atoms with E-state index in [0.29, 0.717) is 10.8 Å². The lowest BCUT2D eigenvalue weighted by molar-refractivity contribution is 0.392. The van der Waals surface area contributed by atoms with E-state index < -0.39 is 10.0 Å². The van der Waals surface area contributed by atoms with Crippen molar-refractivity contribution in [2.24, 2.45) is 0 Å². The summed E-state index contributed by atoms with van der Waals surface area (Å²) in [5, 5.41) is 2.53. The summed E-state index contributed by atoms with van der Waals surface area (Å²) in [5.41, 5.74) is 1.71. The van der Waals surface area contributed by atoms with Crippen LogP contribution in [0, 0.1) is 0 Å². The molecule has 3 aromatic rings. The molecule has 0 aliphatic heterocycles. The van der Waals surface area contributed by atoms with E-state index in [1.807, 2.05) is 17.5 Å². The molecule has 7 nitrogen and oxygen atoms in total. The molecular weight excluding hydrogens is 374 g/mol. The van der Waals surface area contributed by atoms with Gasteiger partial charge in [-0.3, -0.25) is 4.98 Å². The maximum Gasteiger partial charge on any atom is 0.244 e. The number of nitrogens with zero attached hydrogens (tertiary/aromatic N) is 2. The number of hydrogen-bond donors (Lipinski definition) is 1. The number of pyridine rings is 1. The summed E-state index contributed by atoms with van der Waals surface area (Å²) in [6.45, 7) is 0.0818. The highest BCUT2D eigenvalue weighted by Gasteiger charge is 2.21. The average Bonchev–Trinajstić information content (AvgIpc) is 3.16. The van der Waals surface area contributed by atoms with Gasteiger partial charge in [0.25, 0.3) is 0 Å². The number of thiazole rings is 1. The van der Waals surface area contributed by atoms with Gasteiger partial charge >= 0.3 is 0 Å². The molecule has 2 heterocycles. The van der Waals surface area contributed by atoms with Gasteiger partial charge in [0.1, 0.15) is 21.4 Å². The zero-order valence-corrected chi connectivity index (χ0v) is 15.8. The standard InChI is InChI=1S/C17H17N3O4S2/c1-23-13-3-4-15(24-2)16(9-13)26(21,22)19-10-17-20-14(11-25-17)12-5-7-18-8-6-12/h3-9,11,19H,10H2,1-2H3. The molecule has 0 unspecified atom stereocenters. The van der Waals surface area contributed by atoms with Gasteiger partial charge in [-0.15, -0.1) is 11.3 Å². The molecule has 0 spiro atoms. The Labute approximate surface area is 155 Å². The van der Waals surface area contributed by atoms with Crippen LogP contribution in [0.15, 0.2) is 53.0 Å². The molecule has 136 valence electrons. The van der Waals surface area contributed by atoms with Crippen molar-refractivity contribution in [1.29, 1.82) is 0 Å². The number of ether oxygens (including phenoxy) is 2. The molecule has 0 radical (unpaired) electrons. The molecule has 3 rings (SSSR count). The Morgan fingerprint density at radius 3 is 2.58 bits per heavy atom. The van der Waals surface area contributed by atoms with Crippen LogP contribution in [0.1, 0.15) is 5.01 Å². The topological polar surface area (TPSA) is 90.4 Å². The van der Waals surface area contributed by atoms with E-state index in [9.17, 15) is 8.42 Å². The summed E-state index contributed by atoms with van der Waals surface area (Å²) in [4.78, 5) is 8.45. The van der Waals surface area contributed by atoms with Crippen molar-refractivity contribution in [3.63, 3.8) is 0 Å². The lowest BCUT2D eigenvalue weighted by atomic mass is 10.2. The summed E-state index contributed by atoms with van der Waals surface area (Å²) in [5.74, 6) is 0.676. The first-order valence-corrected chi connectivity index (χ1v) is 9.96. The van der Waals surface area contributed by atoms with Gasteiger partial charge in [0.2, 0.25) is 10.0 Å². The number of nitrogens with one attached hydrogen (secondary N) is 1. The number of benzene rings is 1. The highest BCUT2D eigenvalue weighted by molar-refractivity contribution is 7.89. The molecule has 0 aliphatic carbocycles. The molecule has 0 atom stereocenters. The van der Waals surface area contributed by atoms with Gasteiger partial charge in [-0.1, -0.05) is 0 Å². The molecular formula is C17H17N3O4S2. The highest BCUT2D eigenvalue weighted by atomic mass is 32.2. The monoisotopic (exact) mass is 391 g/mol. The first-order chi connectivity index (χ1) is 12.5. The first-order valence-electron chi connectivity index (χ1n) is 7.60. The average molecular weight is 391 g/mol. The second-order valence-electron chi connectivity index (χ2n) is 5.20. The summed E-state index contributed by atoms with van der Waals surface area (Å²) in [6.07, 6.45) is 3.37. The van der Waals surface area contributed by atoms with E-state index in [-0.39, 0.29) is 17.2 Å². The predicted molar refractivity (Wildman–Crippen MR) is 98.9 cm³/mol. The smallest absolute Gasteiger partial charge is 0.244 e. The van der Waals surface area contributed by atoms with Crippen LogP contribution in [0.5, 0.6) is 11.5 Å². The van der Waals surface area contributed by atoms with Crippen LogP contribution in [0.2, 0.25) is 0 Å². The van der Waals surface area contributed by atoms with Gasteiger partial charge < -0.3 is 9.47 Å². The minimum absolute atomic E-state index is 0.0188. The summed E-state index contributed by atoms with van der Waals surface area (Å²) >= 11 is 1.38. The first kappa shape index (κ1) is 18.3. The van der Waals surface area contributed by atoms with E-state index in [0.717, 1.165) is 11.3 Å². The number of rotatable bonds is 7. The van der Waals surface area contributed by atoms with Gasteiger partial charge in [0.15, 0.2) is 0 Å². The lowest BCUT2D eigenvalue weighted by Crippen LogP contribution is -2.23. The van der Waals surface area contributed by atoms with E-state index >= 15 is 0 Å². The van der Waals surface area contributed by atoms with Gasteiger partial charge in [-0.05, 0) is 24.3 Å². The minimum atomic E-state index is -3.79. The summed E-state index contributed by atoms with van der Waals surface area (Å²) in [7, 11) is -0.894. The quantitative estimate of drug-likeness (QED) is 0.666. The van der Waals surface area contributed by atoms with Gasteiger partial charge in [0.05, 0.1) is 26.5 Å². The molecule has 0 bridgehead atoms. The Balaban J connectivity index is 1.78. The maximum atomic E-state index is 12.7. The van der Waals surface area contributed by atoms with Gasteiger partial charge in [0, 0.05) is 29.4 Å². The minimum Gasteiger partial charge on any atom is -0.497 e. The van der Waals surface area contributed by atoms with E-state index in [1.165, 1.54) is 31.6 Å². The van der Waals surface area contributed by atoms with Crippen LogP contribution in [0.25, 0.3) is 11.3 Å². The molecule has 0 saturated carbocycles. The molecule has 0 aliphatic rings. The third-order valence-corrected chi connectivity index (χ3v) is 5.87. The van der Waals surface area contributed by atoms with Crippen LogP contribution in [-0.2, 0) is 16.6 Å². The molecule has 2 aromatic heterocycles. The van der Waals surface area contributed by atoms with Gasteiger partial charge in [-0.2, -0.15) is 0 Å². The lowest BCUT2D eigenvalue weighted by Gasteiger charge is -2.11. The molecule has 0 fully saturated rings. The van der Waals surface area contributed by atoms with Crippen LogP contribution >= 0.6 is 11.3 Å². The van der Waals surface area contributed by atoms with Crippen LogP contribution in [0.4, 0.5) is 0 Å². The Morgan fingerprint density at radius 2 is 1.88 bits per heavy atom. The largest absolute Gasteiger partial charge is 0.497 e. The number of hydrogen-bond acceptors (Lipinski definition) is 7. The fourth-order valence-corrected chi connectivity index (χ4v) is 4.28. The zero-order chi connectivity index (χ0) is 18.6. The molecule has 9 heteroatoms. The predicted octanol–water partition coefficient (Wildman–Crippen LogP) is 2.70. The Hall–Kier alpha value is -2.49. The molecule has 1 N–H and O–H groups in total. The zero-order valence-electron chi connectivity index (χ0n) is 14.2. The van der Waals surface area contributed by atoms with Crippen molar-refractivity contribution in [3.8, 4) is 22.8 Å². The Morgan fingerprint density at radius 1 is 1.12 bits per heavy atom. The Kier molecular flexibility index (Phi) is 5.50. The second-order valence-corrected chi connectivity index (χ2v) is 7.88. The molecule has 1 aromatic carbocycles. The van der Waals surface area contributed by atoms with E-state index in [4.69, 9.17) is 9.47 Å². The number of sulfonamides is 1. The van der Waals surface area contributed by atoms with Crippen molar-refractivity contribution < 1.29 is 17.9 Å². The van der Waals surface area contributed by atoms with E-state index in [1.54, 1.807) is 24.5 Å². The number of aromatic nitrogens is 2. The SMILES string of the molecule is COc1ccc(OC)c(S(=O)(=O)NCc2nc(-c3ccncc3)cs2)c1. The third kappa shape index (κ3) is 4.01. The second kappa shape index (κ2) is 7.81.